The van der Waals surface area contributed by atoms with Gasteiger partial charge in [0, 0.05) is 22.7 Å². The number of unbranched alkanes of at least 4 members (excludes halogenated alkanes) is 1. The molecule has 3 rings (SSSR count). The summed E-state index contributed by atoms with van der Waals surface area (Å²) in [5, 5.41) is 10.4. The highest BCUT2D eigenvalue weighted by Crippen LogP contribution is 2.55. The average molecular weight is 417 g/mol. The Morgan fingerprint density at radius 3 is 2.64 bits per heavy atom. The number of fused-ring (bicyclic) bond motifs is 2. The van der Waals surface area contributed by atoms with Gasteiger partial charge in [-0.1, -0.05) is 54.6 Å². The van der Waals surface area contributed by atoms with Crippen LogP contribution < -0.4 is 0 Å². The molecule has 0 radical (unpaired) electrons. The third-order valence-corrected chi connectivity index (χ3v) is 8.73. The van der Waals surface area contributed by atoms with Gasteiger partial charge in [0.05, 0.1) is 0 Å². The average Bonchev–Trinajstić information content (AvgIpc) is 3.30. The number of benzene rings is 1. The van der Waals surface area contributed by atoms with Crippen LogP contribution in [-0.2, 0) is 11.2 Å². The zero-order chi connectivity index (χ0) is 19.6. The van der Waals surface area contributed by atoms with E-state index in [9.17, 15) is 4.79 Å². The Hall–Kier alpha value is -1.13. The van der Waals surface area contributed by atoms with E-state index in [0.717, 1.165) is 47.4 Å². The van der Waals surface area contributed by atoms with Gasteiger partial charge in [0.2, 0.25) is 0 Å². The number of carboxylic acids is 1. The molecule has 0 saturated carbocycles. The molecule has 2 aliphatic rings. The lowest BCUT2D eigenvalue weighted by molar-refractivity contribution is -0.137. The minimum atomic E-state index is -0.687. The molecule has 1 aromatic carbocycles. The molecule has 0 amide bonds. The van der Waals surface area contributed by atoms with Crippen LogP contribution in [0.5, 0.6) is 0 Å². The number of carbonyl (C=O) groups is 1. The molecule has 0 unspecified atom stereocenters. The minimum absolute atomic E-state index is 0.283. The van der Waals surface area contributed by atoms with Gasteiger partial charge in [-0.3, -0.25) is 4.79 Å². The van der Waals surface area contributed by atoms with Gasteiger partial charge in [0.15, 0.2) is 0 Å². The SMILES string of the molecule is O=C(O)CCCC=CC[C@@H]1[C@H](CSCC=CCc2ccccc2)[C@@H]2CC[C@H]1S2. The van der Waals surface area contributed by atoms with Crippen molar-refractivity contribution in [3.8, 4) is 0 Å². The number of hydrogen-bond donors (Lipinski definition) is 1. The molecule has 2 bridgehead atoms. The van der Waals surface area contributed by atoms with Crippen LogP contribution in [0.3, 0.4) is 0 Å². The fourth-order valence-electron chi connectivity index (χ4n) is 4.34. The topological polar surface area (TPSA) is 37.3 Å². The van der Waals surface area contributed by atoms with E-state index in [1.807, 2.05) is 0 Å². The molecular formula is C24H32O2S2. The number of hydrogen-bond acceptors (Lipinski definition) is 3. The van der Waals surface area contributed by atoms with Crippen LogP contribution >= 0.6 is 23.5 Å². The van der Waals surface area contributed by atoms with E-state index < -0.39 is 5.97 Å². The van der Waals surface area contributed by atoms with Crippen LogP contribution in [0.1, 0.15) is 44.1 Å². The third kappa shape index (κ3) is 6.73. The molecule has 2 heterocycles. The van der Waals surface area contributed by atoms with Gasteiger partial charge in [-0.2, -0.15) is 23.5 Å². The summed E-state index contributed by atoms with van der Waals surface area (Å²) in [4.78, 5) is 10.6. The van der Waals surface area contributed by atoms with Crippen LogP contribution in [0.4, 0.5) is 0 Å². The van der Waals surface area contributed by atoms with Gasteiger partial charge in [0.25, 0.3) is 0 Å². The lowest BCUT2D eigenvalue weighted by atomic mass is 9.78. The van der Waals surface area contributed by atoms with Crippen molar-refractivity contribution in [3.05, 3.63) is 60.2 Å². The number of rotatable bonds is 12. The molecule has 1 aromatic rings. The maximum absolute atomic E-state index is 10.6. The molecule has 2 saturated heterocycles. The zero-order valence-corrected chi connectivity index (χ0v) is 18.2. The Morgan fingerprint density at radius 2 is 1.86 bits per heavy atom. The molecule has 2 aliphatic heterocycles. The van der Waals surface area contributed by atoms with Crippen LogP contribution in [0.15, 0.2) is 54.6 Å². The summed E-state index contributed by atoms with van der Waals surface area (Å²) >= 11 is 4.33. The largest absolute Gasteiger partial charge is 0.481 e. The van der Waals surface area contributed by atoms with Crippen molar-refractivity contribution in [2.75, 3.05) is 11.5 Å². The summed E-state index contributed by atoms with van der Waals surface area (Å²) in [6.45, 7) is 0. The first-order valence-electron chi connectivity index (χ1n) is 10.5. The molecule has 2 fully saturated rings. The summed E-state index contributed by atoms with van der Waals surface area (Å²) in [7, 11) is 0. The molecule has 0 aromatic heterocycles. The van der Waals surface area contributed by atoms with Crippen molar-refractivity contribution in [2.24, 2.45) is 11.8 Å². The van der Waals surface area contributed by atoms with Gasteiger partial charge < -0.3 is 5.11 Å². The Balaban J connectivity index is 1.36. The van der Waals surface area contributed by atoms with Crippen LogP contribution in [0.25, 0.3) is 0 Å². The second kappa shape index (κ2) is 11.8. The Labute approximate surface area is 178 Å². The lowest BCUT2D eigenvalue weighted by Crippen LogP contribution is -2.28. The smallest absolute Gasteiger partial charge is 0.303 e. The van der Waals surface area contributed by atoms with Gasteiger partial charge in [0.1, 0.15) is 0 Å². The van der Waals surface area contributed by atoms with E-state index in [-0.39, 0.29) is 6.42 Å². The predicted octanol–water partition coefficient (Wildman–Crippen LogP) is 6.23. The Bertz CT molecular complexity index is 656. The summed E-state index contributed by atoms with van der Waals surface area (Å²) in [6.07, 6.45) is 16.1. The van der Waals surface area contributed by atoms with Gasteiger partial charge >= 0.3 is 5.97 Å². The number of allylic oxidation sites excluding steroid dienone is 3. The quantitative estimate of drug-likeness (QED) is 0.324. The third-order valence-electron chi connectivity index (χ3n) is 5.81. The second-order valence-electron chi connectivity index (χ2n) is 7.81. The van der Waals surface area contributed by atoms with Crippen LogP contribution in [-0.4, -0.2) is 33.1 Å². The van der Waals surface area contributed by atoms with Crippen molar-refractivity contribution in [2.45, 2.75) is 55.4 Å². The normalized spacial score (nSPS) is 26.6. The fourth-order valence-corrected chi connectivity index (χ4v) is 7.63. The zero-order valence-electron chi connectivity index (χ0n) is 16.5. The number of aliphatic carboxylic acids is 1. The first-order valence-corrected chi connectivity index (χ1v) is 12.6. The molecule has 28 heavy (non-hydrogen) atoms. The molecular weight excluding hydrogens is 384 g/mol. The van der Waals surface area contributed by atoms with E-state index in [1.165, 1.54) is 30.6 Å². The molecule has 0 spiro atoms. The molecule has 152 valence electrons. The highest BCUT2D eigenvalue weighted by molar-refractivity contribution is 8.01. The van der Waals surface area contributed by atoms with Crippen molar-refractivity contribution >= 4 is 29.5 Å². The summed E-state index contributed by atoms with van der Waals surface area (Å²) in [6, 6.07) is 10.6. The first kappa shape index (κ1) is 21.6. The minimum Gasteiger partial charge on any atom is -0.481 e. The lowest BCUT2D eigenvalue weighted by Gasteiger charge is -2.28. The summed E-state index contributed by atoms with van der Waals surface area (Å²) in [5.41, 5.74) is 1.38. The molecule has 0 aliphatic carbocycles. The van der Waals surface area contributed by atoms with E-state index in [0.29, 0.717) is 0 Å². The number of carboxylic acid groups (broad SMARTS) is 1. The van der Waals surface area contributed by atoms with Crippen molar-refractivity contribution in [1.82, 2.24) is 0 Å². The highest BCUT2D eigenvalue weighted by atomic mass is 32.2. The standard InChI is InChI=1S/C24H32O2S2/c25-24(26)14-7-2-1-6-13-20-21(23-16-15-22(20)28-23)18-27-17-9-8-12-19-10-4-3-5-11-19/h1,3-6,8-11,20-23H,2,7,12-18H2,(H,25,26)/t20-,21+,22-,23+/m1/s1. The molecule has 2 nitrogen and oxygen atoms in total. The maximum atomic E-state index is 10.6. The van der Waals surface area contributed by atoms with E-state index in [4.69, 9.17) is 5.11 Å². The Morgan fingerprint density at radius 1 is 1.07 bits per heavy atom. The predicted molar refractivity (Wildman–Crippen MR) is 123 cm³/mol. The fraction of sp³-hybridized carbons (Fsp3) is 0.542. The molecule has 4 heteroatoms. The highest BCUT2D eigenvalue weighted by Gasteiger charge is 2.47. The van der Waals surface area contributed by atoms with Crippen molar-refractivity contribution < 1.29 is 9.90 Å². The second-order valence-corrected chi connectivity index (χ2v) is 10.4. The Kier molecular flexibility index (Phi) is 9.07. The van der Waals surface area contributed by atoms with Gasteiger partial charge in [-0.25, -0.2) is 0 Å². The monoisotopic (exact) mass is 416 g/mol. The van der Waals surface area contributed by atoms with E-state index in [1.54, 1.807) is 0 Å². The summed E-state index contributed by atoms with van der Waals surface area (Å²) in [5.74, 6) is 3.37. The van der Waals surface area contributed by atoms with Crippen LogP contribution in [0.2, 0.25) is 0 Å². The van der Waals surface area contributed by atoms with Crippen molar-refractivity contribution in [1.29, 1.82) is 0 Å². The number of thioether (sulfide) groups is 2. The van der Waals surface area contributed by atoms with Gasteiger partial charge in [-0.15, -0.1) is 0 Å². The van der Waals surface area contributed by atoms with E-state index >= 15 is 0 Å². The summed E-state index contributed by atoms with van der Waals surface area (Å²) < 4.78 is 0. The van der Waals surface area contributed by atoms with Crippen molar-refractivity contribution in [3.63, 3.8) is 0 Å². The first-order chi connectivity index (χ1) is 13.7. The van der Waals surface area contributed by atoms with Crippen LogP contribution in [0, 0.1) is 11.8 Å². The molecule has 4 atom stereocenters. The van der Waals surface area contributed by atoms with Gasteiger partial charge in [-0.05, 0) is 61.7 Å². The van der Waals surface area contributed by atoms with E-state index in [2.05, 4.69) is 78.2 Å². The molecule has 1 N–H and O–H groups in total. The maximum Gasteiger partial charge on any atom is 0.303 e.